The predicted octanol–water partition coefficient (Wildman–Crippen LogP) is 6.48. The molecule has 0 saturated carbocycles. The van der Waals surface area contributed by atoms with Crippen LogP contribution >= 0.6 is 11.8 Å². The molecule has 1 aromatic heterocycles. The fraction of sp³-hybridized carbons (Fsp3) is 0.233. The molecule has 0 radical (unpaired) electrons. The van der Waals surface area contributed by atoms with Gasteiger partial charge in [0.15, 0.2) is 5.78 Å². The molecular weight excluding hydrogens is 480 g/mol. The molecule has 0 amide bonds. The Kier molecular flexibility index (Phi) is 6.53. The minimum atomic E-state index is -0.302. The van der Waals surface area contributed by atoms with Crippen LogP contribution in [0.15, 0.2) is 95.3 Å². The molecule has 1 unspecified atom stereocenters. The van der Waals surface area contributed by atoms with Crippen LogP contribution in [-0.4, -0.2) is 20.5 Å². The summed E-state index contributed by atoms with van der Waals surface area (Å²) in [7, 11) is 0. The molecule has 7 heteroatoms. The smallest absolute Gasteiger partial charge is 0.227 e. The lowest BCUT2D eigenvalue weighted by molar-refractivity contribution is -0.116. The lowest BCUT2D eigenvalue weighted by Crippen LogP contribution is -2.31. The second kappa shape index (κ2) is 10.3. The average molecular weight is 509 g/mol. The number of rotatable bonds is 7. The molecule has 0 saturated heterocycles. The lowest BCUT2D eigenvalue weighted by Gasteiger charge is -2.32. The number of carbonyl (C=O) groups excluding carboxylic acids is 1. The molecule has 1 N–H and O–H groups in total. The van der Waals surface area contributed by atoms with Gasteiger partial charge >= 0.3 is 0 Å². The van der Waals surface area contributed by atoms with Gasteiger partial charge in [-0.15, -0.1) is 5.10 Å². The zero-order valence-corrected chi connectivity index (χ0v) is 21.5. The van der Waals surface area contributed by atoms with Crippen molar-refractivity contribution in [2.45, 2.75) is 49.7 Å². The van der Waals surface area contributed by atoms with Crippen molar-refractivity contribution in [1.29, 1.82) is 0 Å². The van der Waals surface area contributed by atoms with E-state index in [9.17, 15) is 4.79 Å². The van der Waals surface area contributed by atoms with E-state index in [2.05, 4.69) is 42.6 Å². The Balaban J connectivity index is 1.26. The van der Waals surface area contributed by atoms with Crippen LogP contribution in [-0.2, 0) is 17.2 Å². The van der Waals surface area contributed by atoms with Gasteiger partial charge in [0.1, 0.15) is 18.4 Å². The summed E-state index contributed by atoms with van der Waals surface area (Å²) in [4.78, 5) is 17.9. The molecule has 0 spiro atoms. The zero-order valence-electron chi connectivity index (χ0n) is 20.7. The average Bonchev–Trinajstić information content (AvgIpc) is 3.33. The van der Waals surface area contributed by atoms with E-state index in [1.54, 1.807) is 11.8 Å². The number of hydrogen-bond donors (Lipinski definition) is 1. The van der Waals surface area contributed by atoms with Gasteiger partial charge in [0.2, 0.25) is 11.1 Å². The van der Waals surface area contributed by atoms with Gasteiger partial charge in [-0.1, -0.05) is 84.1 Å². The fourth-order valence-electron chi connectivity index (χ4n) is 4.94. The molecule has 6 rings (SSSR count). The summed E-state index contributed by atoms with van der Waals surface area (Å²) in [6, 6.07) is 26.3. The van der Waals surface area contributed by atoms with Gasteiger partial charge in [0, 0.05) is 23.4 Å². The highest BCUT2D eigenvalue weighted by atomic mass is 32.2. The Bertz CT molecular complexity index is 1460. The maximum atomic E-state index is 13.1. The highest BCUT2D eigenvalue weighted by Crippen LogP contribution is 2.41. The second-order valence-electron chi connectivity index (χ2n) is 9.48. The zero-order chi connectivity index (χ0) is 25.2. The number of nitrogens with one attached hydrogen (secondary N) is 1. The van der Waals surface area contributed by atoms with Crippen molar-refractivity contribution in [2.75, 3.05) is 5.32 Å². The number of carbonyl (C=O) groups is 1. The van der Waals surface area contributed by atoms with E-state index in [1.807, 2.05) is 53.2 Å². The molecule has 2 heterocycles. The van der Waals surface area contributed by atoms with Crippen molar-refractivity contribution in [3.63, 3.8) is 0 Å². The Labute approximate surface area is 220 Å². The van der Waals surface area contributed by atoms with Crippen molar-refractivity contribution in [3.05, 3.63) is 112 Å². The van der Waals surface area contributed by atoms with Crippen LogP contribution in [0, 0.1) is 6.92 Å². The largest absolute Gasteiger partial charge is 0.489 e. The first-order valence-corrected chi connectivity index (χ1v) is 13.6. The number of aryl methyl sites for hydroxylation is 1. The monoisotopic (exact) mass is 508 g/mol. The van der Waals surface area contributed by atoms with Crippen molar-refractivity contribution < 1.29 is 9.53 Å². The molecule has 0 bridgehead atoms. The molecule has 3 aromatic carbocycles. The van der Waals surface area contributed by atoms with Crippen molar-refractivity contribution in [2.24, 2.45) is 0 Å². The van der Waals surface area contributed by atoms with Crippen LogP contribution in [0.25, 0.3) is 0 Å². The Morgan fingerprint density at radius 3 is 2.62 bits per heavy atom. The maximum absolute atomic E-state index is 13.1. The summed E-state index contributed by atoms with van der Waals surface area (Å²) >= 11 is 1.60. The quantitative estimate of drug-likeness (QED) is 0.288. The minimum Gasteiger partial charge on any atom is -0.489 e. The number of thioether (sulfide) groups is 1. The number of anilines is 1. The van der Waals surface area contributed by atoms with Gasteiger partial charge in [0.05, 0.1) is 0 Å². The normalized spacial score (nSPS) is 16.7. The number of benzene rings is 3. The number of nitrogens with zero attached hydrogens (tertiary/aromatic N) is 3. The Morgan fingerprint density at radius 1 is 1.00 bits per heavy atom. The van der Waals surface area contributed by atoms with Gasteiger partial charge < -0.3 is 10.1 Å². The molecule has 1 aliphatic carbocycles. The summed E-state index contributed by atoms with van der Waals surface area (Å²) in [5.41, 5.74) is 6.35. The number of allylic oxidation sites excluding steroid dienone is 2. The standard InChI is InChI=1S/C30H28N4O2S/c1-20-7-5-10-22(17-20)18-36-24-15-13-23(14-16-24)28-27-25(11-6-12-26(27)35)31-29-32-30(33-34(28)29)37-19-21-8-3-2-4-9-21/h2-5,7-10,13-17,28H,6,11-12,18-19H2,1H3,(H,31,32,33). The predicted molar refractivity (Wildman–Crippen MR) is 146 cm³/mol. The lowest BCUT2D eigenvalue weighted by atomic mass is 9.85. The molecule has 1 atom stereocenters. The van der Waals surface area contributed by atoms with E-state index in [0.29, 0.717) is 24.1 Å². The summed E-state index contributed by atoms with van der Waals surface area (Å²) < 4.78 is 7.91. The maximum Gasteiger partial charge on any atom is 0.227 e. The van der Waals surface area contributed by atoms with Crippen LogP contribution in [0.5, 0.6) is 5.75 Å². The number of hydrogen-bond acceptors (Lipinski definition) is 6. The summed E-state index contributed by atoms with van der Waals surface area (Å²) in [6.45, 7) is 2.59. The number of ether oxygens (including phenoxy) is 1. The molecule has 1 aliphatic heterocycles. The minimum absolute atomic E-state index is 0.179. The third kappa shape index (κ3) is 5.04. The first-order valence-electron chi connectivity index (χ1n) is 12.6. The molecular formula is C30H28N4O2S. The van der Waals surface area contributed by atoms with Gasteiger partial charge in [-0.25, -0.2) is 4.68 Å². The third-order valence-corrected chi connectivity index (χ3v) is 7.65. The summed E-state index contributed by atoms with van der Waals surface area (Å²) in [5.74, 6) is 2.45. The first-order chi connectivity index (χ1) is 18.1. The van der Waals surface area contributed by atoms with E-state index in [-0.39, 0.29) is 11.8 Å². The molecule has 0 fully saturated rings. The van der Waals surface area contributed by atoms with E-state index in [0.717, 1.165) is 46.7 Å². The summed E-state index contributed by atoms with van der Waals surface area (Å²) in [5, 5.41) is 8.95. The van der Waals surface area contributed by atoms with Crippen LogP contribution in [0.3, 0.4) is 0 Å². The van der Waals surface area contributed by atoms with Crippen LogP contribution in [0.2, 0.25) is 0 Å². The fourth-order valence-corrected chi connectivity index (χ4v) is 5.73. The molecule has 186 valence electrons. The highest BCUT2D eigenvalue weighted by molar-refractivity contribution is 7.98. The highest BCUT2D eigenvalue weighted by Gasteiger charge is 2.36. The van der Waals surface area contributed by atoms with E-state index < -0.39 is 0 Å². The molecule has 4 aromatic rings. The molecule has 37 heavy (non-hydrogen) atoms. The van der Waals surface area contributed by atoms with E-state index in [1.165, 1.54) is 11.1 Å². The Morgan fingerprint density at radius 2 is 1.81 bits per heavy atom. The molecule has 2 aliphatic rings. The van der Waals surface area contributed by atoms with Crippen molar-refractivity contribution in [1.82, 2.24) is 14.8 Å². The Hall–Kier alpha value is -3.84. The van der Waals surface area contributed by atoms with E-state index in [4.69, 9.17) is 14.8 Å². The van der Waals surface area contributed by atoms with Crippen molar-refractivity contribution in [3.8, 4) is 5.75 Å². The SMILES string of the molecule is Cc1cccc(COc2ccc(C3C4=C(CCCC4=O)Nc4nc(SCc5ccccc5)nn43)cc2)c1. The van der Waals surface area contributed by atoms with Gasteiger partial charge in [0.25, 0.3) is 0 Å². The van der Waals surface area contributed by atoms with Gasteiger partial charge in [-0.2, -0.15) is 4.98 Å². The van der Waals surface area contributed by atoms with Gasteiger partial charge in [-0.3, -0.25) is 4.79 Å². The number of fused-ring (bicyclic) bond motifs is 1. The van der Waals surface area contributed by atoms with Crippen molar-refractivity contribution >= 4 is 23.5 Å². The topological polar surface area (TPSA) is 69.0 Å². The van der Waals surface area contributed by atoms with E-state index >= 15 is 0 Å². The van der Waals surface area contributed by atoms with Gasteiger partial charge in [-0.05, 0) is 48.6 Å². The van der Waals surface area contributed by atoms with Crippen LogP contribution in [0.1, 0.15) is 47.6 Å². The summed E-state index contributed by atoms with van der Waals surface area (Å²) in [6.07, 6.45) is 2.26. The number of ketones is 1. The number of aromatic nitrogens is 3. The third-order valence-electron chi connectivity index (χ3n) is 6.74. The first kappa shape index (κ1) is 23.6. The van der Waals surface area contributed by atoms with Crippen LogP contribution in [0.4, 0.5) is 5.95 Å². The number of Topliss-reactive ketones (excluding diaryl/α,β-unsaturated/α-hetero) is 1. The van der Waals surface area contributed by atoms with Crippen LogP contribution < -0.4 is 10.1 Å². The molecule has 6 nitrogen and oxygen atoms in total. The second-order valence-corrected chi connectivity index (χ2v) is 10.4.